The number of carboxylic acids is 1. The first kappa shape index (κ1) is 14.3. The van der Waals surface area contributed by atoms with E-state index in [1.54, 1.807) is 0 Å². The van der Waals surface area contributed by atoms with Crippen LogP contribution in [0.2, 0.25) is 0 Å². The largest absolute Gasteiger partial charge is 0.480 e. The van der Waals surface area contributed by atoms with Crippen molar-refractivity contribution >= 4 is 11.8 Å². The Balaban J connectivity index is 1.59. The molecule has 114 valence electrons. The average molecular weight is 289 g/mol. The first-order chi connectivity index (χ1) is 10.2. The number of piperidine rings is 1. The lowest BCUT2D eigenvalue weighted by molar-refractivity contribution is -0.136. The molecule has 0 spiro atoms. The Morgan fingerprint density at radius 3 is 3.14 bits per heavy atom. The molecule has 2 aliphatic rings. The lowest BCUT2D eigenvalue weighted by atomic mass is 9.98. The Kier molecular flexibility index (Phi) is 4.39. The summed E-state index contributed by atoms with van der Waals surface area (Å²) in [6.45, 7) is 2.85. The van der Waals surface area contributed by atoms with Gasteiger partial charge in [0, 0.05) is 25.3 Å². The smallest absolute Gasteiger partial charge is 0.317 e. The first-order valence-corrected chi connectivity index (χ1v) is 7.88. The fourth-order valence-electron chi connectivity index (χ4n) is 3.41. The van der Waals surface area contributed by atoms with E-state index in [9.17, 15) is 4.79 Å². The van der Waals surface area contributed by atoms with Gasteiger partial charge in [0.1, 0.15) is 5.82 Å². The van der Waals surface area contributed by atoms with Crippen LogP contribution >= 0.6 is 0 Å². The maximum absolute atomic E-state index is 10.6. The lowest BCUT2D eigenvalue weighted by Crippen LogP contribution is -2.41. The van der Waals surface area contributed by atoms with E-state index in [1.807, 2.05) is 0 Å². The summed E-state index contributed by atoms with van der Waals surface area (Å²) in [6, 6.07) is 4.38. The topological polar surface area (TPSA) is 65.5 Å². The number of fused-ring (bicyclic) bond motifs is 1. The van der Waals surface area contributed by atoms with Gasteiger partial charge in [-0.15, -0.1) is 0 Å². The van der Waals surface area contributed by atoms with Crippen molar-refractivity contribution in [2.24, 2.45) is 5.92 Å². The van der Waals surface area contributed by atoms with Crippen molar-refractivity contribution in [1.29, 1.82) is 0 Å². The Morgan fingerprint density at radius 1 is 1.38 bits per heavy atom. The number of aliphatic carboxylic acids is 1. The van der Waals surface area contributed by atoms with Crippen LogP contribution in [0.4, 0.5) is 5.82 Å². The van der Waals surface area contributed by atoms with Crippen molar-refractivity contribution in [2.75, 3.05) is 31.1 Å². The molecule has 1 aromatic heterocycles. The summed E-state index contributed by atoms with van der Waals surface area (Å²) >= 11 is 0. The van der Waals surface area contributed by atoms with Gasteiger partial charge in [0.2, 0.25) is 0 Å². The molecule has 5 nitrogen and oxygen atoms in total. The molecule has 5 heteroatoms. The van der Waals surface area contributed by atoms with Gasteiger partial charge in [-0.1, -0.05) is 6.07 Å². The fourth-order valence-corrected chi connectivity index (χ4v) is 3.41. The van der Waals surface area contributed by atoms with Crippen LogP contribution < -0.4 is 10.2 Å². The van der Waals surface area contributed by atoms with E-state index in [-0.39, 0.29) is 6.54 Å². The van der Waals surface area contributed by atoms with Crippen molar-refractivity contribution < 1.29 is 9.90 Å². The summed E-state index contributed by atoms with van der Waals surface area (Å²) < 4.78 is 0. The second-order valence-corrected chi connectivity index (χ2v) is 6.11. The van der Waals surface area contributed by atoms with Crippen molar-refractivity contribution in [3.05, 3.63) is 23.4 Å². The minimum atomic E-state index is -0.789. The highest BCUT2D eigenvalue weighted by atomic mass is 16.4. The number of aromatic nitrogens is 1. The molecule has 1 aliphatic heterocycles. The van der Waals surface area contributed by atoms with Crippen molar-refractivity contribution in [2.45, 2.75) is 32.1 Å². The molecule has 0 saturated carbocycles. The van der Waals surface area contributed by atoms with Crippen molar-refractivity contribution in [1.82, 2.24) is 10.3 Å². The highest BCUT2D eigenvalue weighted by molar-refractivity contribution is 5.68. The zero-order valence-electron chi connectivity index (χ0n) is 12.3. The number of nitrogens with zero attached hydrogens (tertiary/aromatic N) is 2. The molecule has 0 amide bonds. The summed E-state index contributed by atoms with van der Waals surface area (Å²) in [5.74, 6) is 0.815. The maximum atomic E-state index is 10.6. The van der Waals surface area contributed by atoms with Crippen molar-refractivity contribution in [3.8, 4) is 0 Å². The molecular formula is C16H23N3O2. The highest BCUT2D eigenvalue weighted by Gasteiger charge is 2.22. The van der Waals surface area contributed by atoms with E-state index in [2.05, 4.69) is 22.3 Å². The van der Waals surface area contributed by atoms with E-state index >= 15 is 0 Å². The molecule has 1 saturated heterocycles. The SMILES string of the molecule is O=C(O)CNCC1CCCN(c2ccc3c(n2)CCC3)C1. The number of pyridine rings is 1. The van der Waals surface area contributed by atoms with Gasteiger partial charge < -0.3 is 15.3 Å². The van der Waals surface area contributed by atoms with Gasteiger partial charge in [-0.05, 0) is 49.7 Å². The standard InChI is InChI=1S/C16H23N3O2/c20-16(21)10-17-9-12-3-2-8-19(11-12)15-7-6-13-4-1-5-14(13)18-15/h6-7,12,17H,1-5,8-11H2,(H,20,21). The van der Waals surface area contributed by atoms with Crippen molar-refractivity contribution in [3.63, 3.8) is 0 Å². The molecule has 1 aromatic rings. The second-order valence-electron chi connectivity index (χ2n) is 6.11. The van der Waals surface area contributed by atoms with Crippen LogP contribution in [0.15, 0.2) is 12.1 Å². The van der Waals surface area contributed by atoms with Crippen LogP contribution in [0.5, 0.6) is 0 Å². The van der Waals surface area contributed by atoms with E-state index in [4.69, 9.17) is 10.1 Å². The molecule has 2 N–H and O–H groups in total. The minimum absolute atomic E-state index is 0.0492. The quantitative estimate of drug-likeness (QED) is 0.859. The van der Waals surface area contributed by atoms with Crippen LogP contribution in [0.3, 0.4) is 0 Å². The summed E-state index contributed by atoms with van der Waals surface area (Å²) in [7, 11) is 0. The molecule has 2 heterocycles. The Labute approximate surface area is 125 Å². The number of hydrogen-bond donors (Lipinski definition) is 2. The summed E-state index contributed by atoms with van der Waals surface area (Å²) in [4.78, 5) is 17.7. The fraction of sp³-hybridized carbons (Fsp3) is 0.625. The zero-order valence-corrected chi connectivity index (χ0v) is 12.3. The van der Waals surface area contributed by atoms with Gasteiger partial charge >= 0.3 is 5.97 Å². The predicted molar refractivity (Wildman–Crippen MR) is 81.7 cm³/mol. The Bertz CT molecular complexity index is 518. The van der Waals surface area contributed by atoms with Gasteiger partial charge in [-0.25, -0.2) is 4.98 Å². The van der Waals surface area contributed by atoms with E-state index < -0.39 is 5.97 Å². The number of aryl methyl sites for hydroxylation is 2. The number of carbonyl (C=O) groups is 1. The normalized spacial score (nSPS) is 21.3. The molecule has 1 atom stereocenters. The zero-order chi connectivity index (χ0) is 14.7. The number of rotatable bonds is 5. The molecule has 1 fully saturated rings. The second kappa shape index (κ2) is 6.43. The molecule has 1 unspecified atom stereocenters. The van der Waals surface area contributed by atoms with E-state index in [0.29, 0.717) is 5.92 Å². The third-order valence-electron chi connectivity index (χ3n) is 4.47. The Morgan fingerprint density at radius 2 is 2.29 bits per heavy atom. The summed E-state index contributed by atoms with van der Waals surface area (Å²) in [5, 5.41) is 11.7. The maximum Gasteiger partial charge on any atom is 0.317 e. The number of hydrogen-bond acceptors (Lipinski definition) is 4. The molecular weight excluding hydrogens is 266 g/mol. The molecule has 0 aromatic carbocycles. The molecule has 0 radical (unpaired) electrons. The van der Waals surface area contributed by atoms with Gasteiger partial charge in [0.05, 0.1) is 6.54 Å². The molecule has 0 bridgehead atoms. The van der Waals surface area contributed by atoms with Crippen LogP contribution in [-0.2, 0) is 17.6 Å². The van der Waals surface area contributed by atoms with Crippen LogP contribution in [-0.4, -0.2) is 42.2 Å². The van der Waals surface area contributed by atoms with Gasteiger partial charge in [-0.3, -0.25) is 4.79 Å². The van der Waals surface area contributed by atoms with Crippen LogP contribution in [0.25, 0.3) is 0 Å². The predicted octanol–water partition coefficient (Wildman–Crippen LogP) is 1.46. The first-order valence-electron chi connectivity index (χ1n) is 7.88. The van der Waals surface area contributed by atoms with E-state index in [1.165, 1.54) is 24.1 Å². The molecule has 3 rings (SSSR count). The monoisotopic (exact) mass is 289 g/mol. The molecule has 1 aliphatic carbocycles. The number of anilines is 1. The van der Waals surface area contributed by atoms with Gasteiger partial charge in [0.25, 0.3) is 0 Å². The molecule has 21 heavy (non-hydrogen) atoms. The summed E-state index contributed by atoms with van der Waals surface area (Å²) in [5.41, 5.74) is 2.69. The Hall–Kier alpha value is -1.62. The van der Waals surface area contributed by atoms with E-state index in [0.717, 1.165) is 44.7 Å². The minimum Gasteiger partial charge on any atom is -0.480 e. The lowest BCUT2D eigenvalue weighted by Gasteiger charge is -2.34. The number of nitrogens with one attached hydrogen (secondary N) is 1. The third kappa shape index (κ3) is 3.53. The summed E-state index contributed by atoms with van der Waals surface area (Å²) in [6.07, 6.45) is 5.82. The van der Waals surface area contributed by atoms with Crippen LogP contribution in [0, 0.1) is 5.92 Å². The van der Waals surface area contributed by atoms with Gasteiger partial charge in [-0.2, -0.15) is 0 Å². The van der Waals surface area contributed by atoms with Crippen LogP contribution in [0.1, 0.15) is 30.5 Å². The highest BCUT2D eigenvalue weighted by Crippen LogP contribution is 2.26. The average Bonchev–Trinajstić information content (AvgIpc) is 2.94. The number of carboxylic acid groups (broad SMARTS) is 1. The van der Waals surface area contributed by atoms with Gasteiger partial charge in [0.15, 0.2) is 0 Å². The third-order valence-corrected chi connectivity index (χ3v) is 4.47.